The number of rotatable bonds is 11. The summed E-state index contributed by atoms with van der Waals surface area (Å²) >= 11 is 0. The van der Waals surface area contributed by atoms with E-state index in [0.717, 1.165) is 22.4 Å². The molecule has 5 nitrogen and oxygen atoms in total. The van der Waals surface area contributed by atoms with Crippen LogP contribution in [0, 0.1) is 5.82 Å². The summed E-state index contributed by atoms with van der Waals surface area (Å²) in [5.41, 5.74) is 3.87. The van der Waals surface area contributed by atoms with Crippen LogP contribution in [-0.4, -0.2) is 47.6 Å². The lowest BCUT2D eigenvalue weighted by atomic mass is 10.0. The van der Waals surface area contributed by atoms with Gasteiger partial charge in [0.15, 0.2) is 0 Å². The maximum absolute atomic E-state index is 13.7. The number of aliphatic hydroxyl groups is 1. The van der Waals surface area contributed by atoms with Crippen molar-refractivity contribution in [2.24, 2.45) is 5.16 Å². The van der Waals surface area contributed by atoms with Crippen LogP contribution in [0.4, 0.5) is 4.39 Å². The summed E-state index contributed by atoms with van der Waals surface area (Å²) in [6, 6.07) is 26.4. The van der Waals surface area contributed by atoms with Crippen LogP contribution in [0.15, 0.2) is 90.1 Å². The summed E-state index contributed by atoms with van der Waals surface area (Å²) in [7, 11) is 0. The molecule has 2 atom stereocenters. The molecule has 0 saturated heterocycles. The van der Waals surface area contributed by atoms with Crippen molar-refractivity contribution in [3.05, 3.63) is 107 Å². The van der Waals surface area contributed by atoms with E-state index in [9.17, 15) is 9.50 Å². The summed E-state index contributed by atoms with van der Waals surface area (Å²) < 4.78 is 19.4. The summed E-state index contributed by atoms with van der Waals surface area (Å²) in [4.78, 5) is 7.76. The van der Waals surface area contributed by atoms with Crippen molar-refractivity contribution in [2.75, 3.05) is 19.7 Å². The summed E-state index contributed by atoms with van der Waals surface area (Å²) in [6.45, 7) is 2.10. The molecule has 0 aliphatic carbocycles. The molecular weight excluding hydrogens is 419 g/mol. The van der Waals surface area contributed by atoms with Gasteiger partial charge in [0.25, 0.3) is 0 Å². The maximum Gasteiger partial charge on any atom is 0.145 e. The largest absolute Gasteiger partial charge is 0.390 e. The molecule has 3 aromatic rings. The fraction of sp³-hybridized carbons (Fsp3) is 0.296. The molecule has 1 N–H and O–H groups in total. The first-order valence-electron chi connectivity index (χ1n) is 11.2. The van der Waals surface area contributed by atoms with E-state index in [2.05, 4.69) is 10.1 Å². The van der Waals surface area contributed by atoms with Gasteiger partial charge < -0.3 is 14.7 Å². The molecule has 4 rings (SSSR count). The van der Waals surface area contributed by atoms with Crippen molar-refractivity contribution in [1.82, 2.24) is 4.90 Å². The van der Waals surface area contributed by atoms with Gasteiger partial charge in [-0.15, -0.1) is 0 Å². The standard InChI is InChI=1S/C27H29FN2O3/c28-24-13-7-10-22(14-24)16-30(17-25(31)20-32-19-21-8-3-1-4-9-21)18-26-15-27(29-33-26)23-11-5-2-6-12-23/h1-14,25-26,31H,15-20H2/t25-,26-/m0/s1. The smallest absolute Gasteiger partial charge is 0.145 e. The van der Waals surface area contributed by atoms with Crippen LogP contribution in [0.5, 0.6) is 0 Å². The highest BCUT2D eigenvalue weighted by molar-refractivity contribution is 6.01. The van der Waals surface area contributed by atoms with E-state index in [4.69, 9.17) is 9.57 Å². The van der Waals surface area contributed by atoms with Gasteiger partial charge in [-0.05, 0) is 28.8 Å². The third kappa shape index (κ3) is 7.22. The Hall–Kier alpha value is -3.06. The van der Waals surface area contributed by atoms with Crippen LogP contribution in [0.25, 0.3) is 0 Å². The van der Waals surface area contributed by atoms with Crippen molar-refractivity contribution >= 4 is 5.71 Å². The average Bonchev–Trinajstić information content (AvgIpc) is 3.29. The van der Waals surface area contributed by atoms with Crippen LogP contribution < -0.4 is 0 Å². The predicted octanol–water partition coefficient (Wildman–Crippen LogP) is 4.40. The van der Waals surface area contributed by atoms with Crippen LogP contribution in [0.1, 0.15) is 23.1 Å². The minimum Gasteiger partial charge on any atom is -0.390 e. The SMILES string of the molecule is O[C@H](COCc1ccccc1)CN(Cc1cccc(F)c1)C[C@@H]1CC(c2ccccc2)=NO1. The van der Waals surface area contributed by atoms with Crippen molar-refractivity contribution < 1.29 is 19.1 Å². The van der Waals surface area contributed by atoms with Gasteiger partial charge in [-0.25, -0.2) is 4.39 Å². The van der Waals surface area contributed by atoms with E-state index >= 15 is 0 Å². The Morgan fingerprint density at radius 2 is 1.73 bits per heavy atom. The number of benzene rings is 3. The topological polar surface area (TPSA) is 54.3 Å². The Labute approximate surface area is 194 Å². The lowest BCUT2D eigenvalue weighted by molar-refractivity contribution is -0.00650. The minimum atomic E-state index is -0.682. The molecule has 1 aliphatic heterocycles. The van der Waals surface area contributed by atoms with E-state index in [0.29, 0.717) is 32.7 Å². The Balaban J connectivity index is 1.34. The van der Waals surface area contributed by atoms with E-state index < -0.39 is 6.10 Å². The number of ether oxygens (including phenoxy) is 1. The molecule has 172 valence electrons. The molecular formula is C27H29FN2O3. The first kappa shape index (κ1) is 23.1. The number of hydrogen-bond donors (Lipinski definition) is 1. The van der Waals surface area contributed by atoms with Crippen LogP contribution in [0.2, 0.25) is 0 Å². The van der Waals surface area contributed by atoms with Gasteiger partial charge in [0.05, 0.1) is 25.0 Å². The zero-order valence-electron chi connectivity index (χ0n) is 18.5. The van der Waals surface area contributed by atoms with Crippen LogP contribution in [0.3, 0.4) is 0 Å². The molecule has 1 aliphatic rings. The second-order valence-corrected chi connectivity index (χ2v) is 8.31. The quantitative estimate of drug-likeness (QED) is 0.473. The number of aliphatic hydroxyl groups excluding tert-OH is 1. The molecule has 0 spiro atoms. The highest BCUT2D eigenvalue weighted by atomic mass is 19.1. The molecule has 33 heavy (non-hydrogen) atoms. The molecule has 0 saturated carbocycles. The molecule has 0 amide bonds. The number of nitrogens with zero attached hydrogens (tertiary/aromatic N) is 2. The normalized spacial score (nSPS) is 16.5. The molecule has 1 heterocycles. The van der Waals surface area contributed by atoms with Gasteiger partial charge >= 0.3 is 0 Å². The molecule has 0 unspecified atom stereocenters. The van der Waals surface area contributed by atoms with Crippen LogP contribution in [-0.2, 0) is 22.7 Å². The Morgan fingerprint density at radius 1 is 1.00 bits per heavy atom. The fourth-order valence-corrected chi connectivity index (χ4v) is 3.95. The summed E-state index contributed by atoms with van der Waals surface area (Å²) in [5.74, 6) is -0.272. The third-order valence-electron chi connectivity index (χ3n) is 5.49. The minimum absolute atomic E-state index is 0.133. The highest BCUT2D eigenvalue weighted by Crippen LogP contribution is 2.19. The average molecular weight is 449 g/mol. The molecule has 0 radical (unpaired) electrons. The Bertz CT molecular complexity index is 1030. The molecule has 3 aromatic carbocycles. The number of halogens is 1. The monoisotopic (exact) mass is 448 g/mol. The van der Waals surface area contributed by atoms with E-state index in [-0.39, 0.29) is 18.5 Å². The van der Waals surface area contributed by atoms with Gasteiger partial charge in [-0.3, -0.25) is 4.90 Å². The molecule has 6 heteroatoms. The van der Waals surface area contributed by atoms with E-state index in [1.54, 1.807) is 6.07 Å². The van der Waals surface area contributed by atoms with Crippen molar-refractivity contribution in [3.63, 3.8) is 0 Å². The van der Waals surface area contributed by atoms with Crippen molar-refractivity contribution in [1.29, 1.82) is 0 Å². The summed E-state index contributed by atoms with van der Waals surface area (Å²) in [6.07, 6.45) is -0.131. The highest BCUT2D eigenvalue weighted by Gasteiger charge is 2.25. The first-order valence-corrected chi connectivity index (χ1v) is 11.2. The van der Waals surface area contributed by atoms with Crippen molar-refractivity contribution in [3.8, 4) is 0 Å². The molecule has 0 fully saturated rings. The second-order valence-electron chi connectivity index (χ2n) is 8.31. The summed E-state index contributed by atoms with van der Waals surface area (Å²) in [5, 5.41) is 14.9. The Morgan fingerprint density at radius 3 is 2.48 bits per heavy atom. The van der Waals surface area contributed by atoms with Gasteiger partial charge in [0.2, 0.25) is 0 Å². The lowest BCUT2D eigenvalue weighted by Crippen LogP contribution is -2.39. The van der Waals surface area contributed by atoms with Crippen molar-refractivity contribution in [2.45, 2.75) is 31.8 Å². The zero-order valence-corrected chi connectivity index (χ0v) is 18.5. The van der Waals surface area contributed by atoms with Gasteiger partial charge in [0, 0.05) is 26.1 Å². The van der Waals surface area contributed by atoms with E-state index in [1.165, 1.54) is 12.1 Å². The zero-order chi connectivity index (χ0) is 22.9. The van der Waals surface area contributed by atoms with Gasteiger partial charge in [-0.2, -0.15) is 0 Å². The molecule has 0 bridgehead atoms. The third-order valence-corrected chi connectivity index (χ3v) is 5.49. The number of oxime groups is 1. The van der Waals surface area contributed by atoms with Gasteiger partial charge in [0.1, 0.15) is 11.9 Å². The van der Waals surface area contributed by atoms with Crippen LogP contribution >= 0.6 is 0 Å². The Kier molecular flexibility index (Phi) is 8.19. The number of hydrogen-bond acceptors (Lipinski definition) is 5. The van der Waals surface area contributed by atoms with Gasteiger partial charge in [-0.1, -0.05) is 78.0 Å². The predicted molar refractivity (Wildman–Crippen MR) is 126 cm³/mol. The maximum atomic E-state index is 13.7. The molecule has 0 aromatic heterocycles. The van der Waals surface area contributed by atoms with E-state index in [1.807, 2.05) is 66.7 Å². The fourth-order valence-electron chi connectivity index (χ4n) is 3.95. The first-order chi connectivity index (χ1) is 16.2. The second kappa shape index (κ2) is 11.7. The lowest BCUT2D eigenvalue weighted by Gasteiger charge is -2.27.